The number of rotatable bonds is 3. The van der Waals surface area contributed by atoms with Gasteiger partial charge in [0.15, 0.2) is 0 Å². The predicted molar refractivity (Wildman–Crippen MR) is 96.4 cm³/mol. The Balaban J connectivity index is 1.99. The highest BCUT2D eigenvalue weighted by atomic mass is 32.2. The van der Waals surface area contributed by atoms with Gasteiger partial charge in [0.05, 0.1) is 21.6 Å². The maximum Gasteiger partial charge on any atom is 0.293 e. The molecule has 0 aliphatic carbocycles. The summed E-state index contributed by atoms with van der Waals surface area (Å²) < 4.78 is 25.0. The van der Waals surface area contributed by atoms with E-state index in [0.29, 0.717) is 25.2 Å². The Bertz CT molecular complexity index is 975. The molecular weight excluding hydrogens is 358 g/mol. The molecule has 9 nitrogen and oxygen atoms in total. The Morgan fingerprint density at radius 2 is 2.00 bits per heavy atom. The molecule has 2 aromatic rings. The molecule has 1 aromatic heterocycles. The van der Waals surface area contributed by atoms with E-state index >= 15 is 0 Å². The number of primary sulfonamides is 1. The van der Waals surface area contributed by atoms with Crippen molar-refractivity contribution in [3.05, 3.63) is 45.8 Å². The zero-order valence-electron chi connectivity index (χ0n) is 14.8. The third-order valence-corrected chi connectivity index (χ3v) is 5.29. The molecule has 140 valence electrons. The lowest BCUT2D eigenvalue weighted by Crippen LogP contribution is -2.34. The number of benzene rings is 1. The predicted octanol–water partition coefficient (Wildman–Crippen LogP) is 1.76. The van der Waals surface area contributed by atoms with Gasteiger partial charge in [-0.2, -0.15) is 5.10 Å². The first-order chi connectivity index (χ1) is 12.0. The maximum atomic E-state index is 11.5. The summed E-state index contributed by atoms with van der Waals surface area (Å²) in [6.07, 6.45) is 2.48. The van der Waals surface area contributed by atoms with Crippen molar-refractivity contribution in [1.29, 1.82) is 0 Å². The minimum atomic E-state index is -4.00. The zero-order chi connectivity index (χ0) is 19.3. The Kier molecular flexibility index (Phi) is 4.27. The summed E-state index contributed by atoms with van der Waals surface area (Å²) >= 11 is 0. The van der Waals surface area contributed by atoms with E-state index in [1.807, 2.05) is 9.58 Å². The topological polar surface area (TPSA) is 124 Å². The van der Waals surface area contributed by atoms with E-state index in [4.69, 9.17) is 5.14 Å². The lowest BCUT2D eigenvalue weighted by Gasteiger charge is -2.31. The van der Waals surface area contributed by atoms with Gasteiger partial charge < -0.3 is 4.90 Å². The number of sulfonamides is 1. The van der Waals surface area contributed by atoms with Crippen LogP contribution < -0.4 is 10.0 Å². The number of aromatic nitrogens is 2. The normalized spacial score (nSPS) is 15.0. The molecule has 0 bridgehead atoms. The number of nitrogens with two attached hydrogens (primary N) is 1. The van der Waals surface area contributed by atoms with Crippen molar-refractivity contribution < 1.29 is 13.3 Å². The minimum absolute atomic E-state index is 0.140. The lowest BCUT2D eigenvalue weighted by atomic mass is 10.0. The third kappa shape index (κ3) is 3.29. The summed E-state index contributed by atoms with van der Waals surface area (Å²) in [4.78, 5) is 12.5. The summed E-state index contributed by atoms with van der Waals surface area (Å²) in [5, 5.41) is 21.0. The van der Waals surface area contributed by atoms with Gasteiger partial charge in [0.2, 0.25) is 10.0 Å². The van der Waals surface area contributed by atoms with Crippen LogP contribution in [0, 0.1) is 10.1 Å². The number of nitro benzene ring substituents is 1. The minimum Gasteiger partial charge on any atom is -0.361 e. The fourth-order valence-corrected chi connectivity index (χ4v) is 3.74. The van der Waals surface area contributed by atoms with Gasteiger partial charge in [0.1, 0.15) is 5.69 Å². The molecule has 0 radical (unpaired) electrons. The maximum absolute atomic E-state index is 11.5. The van der Waals surface area contributed by atoms with Crippen molar-refractivity contribution in [3.63, 3.8) is 0 Å². The molecule has 2 N–H and O–H groups in total. The van der Waals surface area contributed by atoms with Crippen LogP contribution in [0.3, 0.4) is 0 Å². The van der Waals surface area contributed by atoms with Gasteiger partial charge in [-0.25, -0.2) is 13.6 Å². The Morgan fingerprint density at radius 1 is 1.31 bits per heavy atom. The lowest BCUT2D eigenvalue weighted by molar-refractivity contribution is -0.384. The summed E-state index contributed by atoms with van der Waals surface area (Å²) in [5.74, 6) is 0. The van der Waals surface area contributed by atoms with Crippen LogP contribution in [0.2, 0.25) is 0 Å². The molecule has 10 heteroatoms. The third-order valence-electron chi connectivity index (χ3n) is 4.38. The van der Waals surface area contributed by atoms with E-state index in [1.54, 1.807) is 6.20 Å². The van der Waals surface area contributed by atoms with Gasteiger partial charge in [-0.3, -0.25) is 14.8 Å². The molecule has 1 aromatic carbocycles. The molecule has 0 amide bonds. The number of anilines is 1. The van der Waals surface area contributed by atoms with Crippen molar-refractivity contribution in [2.75, 3.05) is 11.4 Å². The monoisotopic (exact) mass is 379 g/mol. The summed E-state index contributed by atoms with van der Waals surface area (Å²) in [5.41, 5.74) is 2.09. The first kappa shape index (κ1) is 18.3. The van der Waals surface area contributed by atoms with Gasteiger partial charge in [-0.05, 0) is 32.9 Å². The Morgan fingerprint density at radius 3 is 2.58 bits per heavy atom. The number of nitrogens with zero attached hydrogens (tertiary/aromatic N) is 4. The molecule has 3 rings (SSSR count). The largest absolute Gasteiger partial charge is 0.361 e. The van der Waals surface area contributed by atoms with Crippen LogP contribution in [0.1, 0.15) is 32.0 Å². The summed E-state index contributed by atoms with van der Waals surface area (Å²) in [6, 6.07) is 3.75. The number of hydrogen-bond acceptors (Lipinski definition) is 6. The van der Waals surface area contributed by atoms with E-state index < -0.39 is 14.9 Å². The number of fused-ring (bicyclic) bond motifs is 1. The average molecular weight is 379 g/mol. The standard InChI is InChI=1S/C16H21N5O4S/c1-16(2,3)20-13-6-7-19(10-11(13)9-18-20)14-5-4-12(26(17,24)25)8-15(14)21(22)23/h4-5,8-9H,6-7,10H2,1-3H3,(H2,17,24,25). The fourth-order valence-electron chi connectivity index (χ4n) is 3.21. The first-order valence-corrected chi connectivity index (χ1v) is 9.65. The molecule has 2 heterocycles. The van der Waals surface area contributed by atoms with Crippen LogP contribution in [-0.4, -0.2) is 29.7 Å². The van der Waals surface area contributed by atoms with Gasteiger partial charge in [-0.15, -0.1) is 0 Å². The molecule has 0 unspecified atom stereocenters. The molecule has 1 aliphatic heterocycles. The van der Waals surface area contributed by atoms with Crippen molar-refractivity contribution >= 4 is 21.4 Å². The van der Waals surface area contributed by atoms with Crippen molar-refractivity contribution in [1.82, 2.24) is 9.78 Å². The highest BCUT2D eigenvalue weighted by molar-refractivity contribution is 7.89. The summed E-state index contributed by atoms with van der Waals surface area (Å²) in [7, 11) is -4.00. The molecule has 0 spiro atoms. The van der Waals surface area contributed by atoms with Crippen molar-refractivity contribution in [3.8, 4) is 0 Å². The van der Waals surface area contributed by atoms with Crippen LogP contribution in [0.25, 0.3) is 0 Å². The first-order valence-electron chi connectivity index (χ1n) is 8.11. The molecule has 0 saturated carbocycles. The van der Waals surface area contributed by atoms with Gasteiger partial charge >= 0.3 is 0 Å². The second-order valence-electron chi connectivity index (χ2n) is 7.32. The highest BCUT2D eigenvalue weighted by Gasteiger charge is 2.29. The number of hydrogen-bond donors (Lipinski definition) is 1. The molecular formula is C16H21N5O4S. The molecule has 26 heavy (non-hydrogen) atoms. The highest BCUT2D eigenvalue weighted by Crippen LogP contribution is 2.34. The average Bonchev–Trinajstić information content (AvgIpc) is 2.96. The Labute approximate surface area is 151 Å². The van der Waals surface area contributed by atoms with Crippen LogP contribution in [0.5, 0.6) is 0 Å². The summed E-state index contributed by atoms with van der Waals surface area (Å²) in [6.45, 7) is 7.27. The number of nitro groups is 1. The quantitative estimate of drug-likeness (QED) is 0.640. The van der Waals surface area contributed by atoms with Crippen LogP contribution in [0.15, 0.2) is 29.3 Å². The fraction of sp³-hybridized carbons (Fsp3) is 0.438. The van der Waals surface area contributed by atoms with Crippen LogP contribution in [0.4, 0.5) is 11.4 Å². The van der Waals surface area contributed by atoms with Gasteiger partial charge in [0, 0.05) is 36.8 Å². The van der Waals surface area contributed by atoms with E-state index in [0.717, 1.165) is 17.3 Å². The second kappa shape index (κ2) is 6.06. The smallest absolute Gasteiger partial charge is 0.293 e. The zero-order valence-corrected chi connectivity index (χ0v) is 15.7. The molecule has 0 saturated heterocycles. The van der Waals surface area contributed by atoms with E-state index in [1.165, 1.54) is 12.1 Å². The van der Waals surface area contributed by atoms with Crippen molar-refractivity contribution in [2.24, 2.45) is 5.14 Å². The molecule has 0 fully saturated rings. The molecule has 0 atom stereocenters. The van der Waals surface area contributed by atoms with E-state index in [2.05, 4.69) is 25.9 Å². The second-order valence-corrected chi connectivity index (χ2v) is 8.88. The molecule has 1 aliphatic rings. The van der Waals surface area contributed by atoms with Gasteiger partial charge in [-0.1, -0.05) is 0 Å². The Hall–Kier alpha value is -2.46. The van der Waals surface area contributed by atoms with Gasteiger partial charge in [0.25, 0.3) is 5.69 Å². The van der Waals surface area contributed by atoms with Crippen LogP contribution in [-0.2, 0) is 28.5 Å². The van der Waals surface area contributed by atoms with E-state index in [-0.39, 0.29) is 16.1 Å². The SMILES string of the molecule is CC(C)(C)n1ncc2c1CCN(c1ccc(S(N)(=O)=O)cc1[N+](=O)[O-])C2. The van der Waals surface area contributed by atoms with Crippen molar-refractivity contribution in [2.45, 2.75) is 44.2 Å². The van der Waals surface area contributed by atoms with Crippen LogP contribution >= 0.6 is 0 Å². The van der Waals surface area contributed by atoms with E-state index in [9.17, 15) is 18.5 Å².